The van der Waals surface area contributed by atoms with Gasteiger partial charge in [0.1, 0.15) is 11.3 Å². The van der Waals surface area contributed by atoms with Crippen LogP contribution in [-0.2, 0) is 7.05 Å². The minimum atomic E-state index is -1.18. The predicted molar refractivity (Wildman–Crippen MR) is 97.1 cm³/mol. The molecule has 7 nitrogen and oxygen atoms in total. The molecule has 0 aliphatic carbocycles. The van der Waals surface area contributed by atoms with Gasteiger partial charge in [0, 0.05) is 12.4 Å². The van der Waals surface area contributed by atoms with Crippen molar-refractivity contribution in [2.45, 2.75) is 0 Å². The van der Waals surface area contributed by atoms with Crippen molar-refractivity contribution in [1.29, 1.82) is 0 Å². The number of amides is 1. The summed E-state index contributed by atoms with van der Waals surface area (Å²) in [5, 5.41) is 12.4. The SMILES string of the molecule is COc1c(C(=O)Nc2ccccc2C(=O)O)c(=O)n(C)c2ccccc12. The lowest BCUT2D eigenvalue weighted by atomic mass is 10.1. The van der Waals surface area contributed by atoms with Gasteiger partial charge in [-0.25, -0.2) is 4.79 Å². The summed E-state index contributed by atoms with van der Waals surface area (Å²) in [6, 6.07) is 13.0. The van der Waals surface area contributed by atoms with E-state index in [2.05, 4.69) is 5.32 Å². The lowest BCUT2D eigenvalue weighted by Crippen LogP contribution is -2.29. The number of benzene rings is 2. The molecule has 0 fully saturated rings. The lowest BCUT2D eigenvalue weighted by Gasteiger charge is -2.15. The second-order valence-corrected chi connectivity index (χ2v) is 5.59. The van der Waals surface area contributed by atoms with Crippen molar-refractivity contribution in [2.75, 3.05) is 12.4 Å². The van der Waals surface area contributed by atoms with Crippen molar-refractivity contribution in [3.8, 4) is 5.75 Å². The van der Waals surface area contributed by atoms with Crippen LogP contribution in [0, 0.1) is 0 Å². The zero-order valence-corrected chi connectivity index (χ0v) is 14.1. The highest BCUT2D eigenvalue weighted by Gasteiger charge is 2.23. The molecule has 3 aromatic rings. The summed E-state index contributed by atoms with van der Waals surface area (Å²) in [5.41, 5.74) is -0.0729. The molecule has 2 N–H and O–H groups in total. The minimum Gasteiger partial charge on any atom is -0.495 e. The van der Waals surface area contributed by atoms with Crippen LogP contribution in [0.1, 0.15) is 20.7 Å². The van der Waals surface area contributed by atoms with Crippen LogP contribution in [0.3, 0.4) is 0 Å². The molecule has 2 aromatic carbocycles. The van der Waals surface area contributed by atoms with Crippen LogP contribution >= 0.6 is 0 Å². The maximum absolute atomic E-state index is 12.8. The molecule has 7 heteroatoms. The van der Waals surface area contributed by atoms with Gasteiger partial charge < -0.3 is 19.7 Å². The normalized spacial score (nSPS) is 10.5. The molecule has 26 heavy (non-hydrogen) atoms. The number of carbonyl (C=O) groups excluding carboxylic acids is 1. The molecular weight excluding hydrogens is 336 g/mol. The van der Waals surface area contributed by atoms with Gasteiger partial charge in [-0.2, -0.15) is 0 Å². The van der Waals surface area contributed by atoms with Crippen LogP contribution in [-0.4, -0.2) is 28.7 Å². The number of nitrogens with one attached hydrogen (secondary N) is 1. The first-order valence-electron chi connectivity index (χ1n) is 7.75. The number of carbonyl (C=O) groups is 2. The van der Waals surface area contributed by atoms with Crippen LogP contribution in [0.2, 0.25) is 0 Å². The Morgan fingerprint density at radius 3 is 2.42 bits per heavy atom. The van der Waals surface area contributed by atoms with Crippen LogP contribution in [0.15, 0.2) is 53.3 Å². The van der Waals surface area contributed by atoms with E-state index >= 15 is 0 Å². The van der Waals surface area contributed by atoms with Gasteiger partial charge in [0.25, 0.3) is 11.5 Å². The van der Waals surface area contributed by atoms with E-state index in [1.165, 1.54) is 23.8 Å². The number of ether oxygens (including phenoxy) is 1. The molecule has 1 amide bonds. The number of methoxy groups -OCH3 is 1. The molecule has 0 radical (unpaired) electrons. The molecule has 0 saturated carbocycles. The average molecular weight is 352 g/mol. The Balaban J connectivity index is 2.17. The Kier molecular flexibility index (Phi) is 4.45. The molecule has 0 bridgehead atoms. The van der Waals surface area contributed by atoms with Crippen LogP contribution in [0.4, 0.5) is 5.69 Å². The number of rotatable bonds is 4. The third-order valence-electron chi connectivity index (χ3n) is 4.09. The number of carboxylic acids is 1. The Morgan fingerprint density at radius 2 is 1.73 bits per heavy atom. The maximum Gasteiger partial charge on any atom is 0.337 e. The van der Waals surface area contributed by atoms with E-state index < -0.39 is 17.4 Å². The number of para-hydroxylation sites is 2. The summed E-state index contributed by atoms with van der Waals surface area (Å²) >= 11 is 0. The van der Waals surface area contributed by atoms with E-state index in [0.717, 1.165) is 0 Å². The smallest absolute Gasteiger partial charge is 0.337 e. The topological polar surface area (TPSA) is 97.6 Å². The average Bonchev–Trinajstić information content (AvgIpc) is 2.64. The van der Waals surface area contributed by atoms with Crippen molar-refractivity contribution in [2.24, 2.45) is 7.05 Å². The molecular formula is C19H16N2O5. The summed E-state index contributed by atoms with van der Waals surface area (Å²) in [6.07, 6.45) is 0. The van der Waals surface area contributed by atoms with Crippen LogP contribution in [0.25, 0.3) is 10.9 Å². The number of nitrogens with zero attached hydrogens (tertiary/aromatic N) is 1. The molecule has 1 aromatic heterocycles. The van der Waals surface area contributed by atoms with Gasteiger partial charge in [0.15, 0.2) is 0 Å². The molecule has 132 valence electrons. The first-order chi connectivity index (χ1) is 12.5. The number of fused-ring (bicyclic) bond motifs is 1. The highest BCUT2D eigenvalue weighted by atomic mass is 16.5. The predicted octanol–water partition coefficient (Wildman–Crippen LogP) is 2.50. The molecule has 3 rings (SSSR count). The quantitative estimate of drug-likeness (QED) is 0.752. The van der Waals surface area contributed by atoms with E-state index in [9.17, 15) is 19.5 Å². The standard InChI is InChI=1S/C19H16N2O5/c1-21-14-10-6-4-8-12(14)16(26-2)15(18(21)23)17(22)20-13-9-5-3-7-11(13)19(24)25/h3-10H,1-2H3,(H,20,22)(H,24,25). The van der Waals surface area contributed by atoms with Gasteiger partial charge in [0.2, 0.25) is 0 Å². The van der Waals surface area contributed by atoms with Crippen molar-refractivity contribution >= 4 is 28.5 Å². The second kappa shape index (κ2) is 6.72. The van der Waals surface area contributed by atoms with Gasteiger partial charge in [-0.1, -0.05) is 24.3 Å². The van der Waals surface area contributed by atoms with Gasteiger partial charge in [-0.15, -0.1) is 0 Å². The zero-order valence-electron chi connectivity index (χ0n) is 14.1. The van der Waals surface area contributed by atoms with E-state index in [1.807, 2.05) is 0 Å². The maximum atomic E-state index is 12.8. The van der Waals surface area contributed by atoms with Crippen LogP contribution in [0.5, 0.6) is 5.75 Å². The van der Waals surface area contributed by atoms with Crippen molar-refractivity contribution in [1.82, 2.24) is 4.57 Å². The minimum absolute atomic E-state index is 0.0718. The van der Waals surface area contributed by atoms with E-state index in [0.29, 0.717) is 10.9 Å². The first-order valence-corrected chi connectivity index (χ1v) is 7.75. The number of carboxylic acid groups (broad SMARTS) is 1. The fourth-order valence-electron chi connectivity index (χ4n) is 2.84. The second-order valence-electron chi connectivity index (χ2n) is 5.59. The number of hydrogen-bond acceptors (Lipinski definition) is 4. The fraction of sp³-hybridized carbons (Fsp3) is 0.105. The van der Waals surface area contributed by atoms with Gasteiger partial charge >= 0.3 is 5.97 Å². The summed E-state index contributed by atoms with van der Waals surface area (Å²) in [7, 11) is 2.94. The molecule has 0 aliphatic rings. The molecule has 0 atom stereocenters. The van der Waals surface area contributed by atoms with Crippen molar-refractivity contribution in [3.05, 3.63) is 70.0 Å². The number of hydrogen-bond donors (Lipinski definition) is 2. The van der Waals surface area contributed by atoms with Crippen molar-refractivity contribution < 1.29 is 19.4 Å². The fourth-order valence-corrected chi connectivity index (χ4v) is 2.84. The third-order valence-corrected chi connectivity index (χ3v) is 4.09. The summed E-state index contributed by atoms with van der Waals surface area (Å²) in [4.78, 5) is 36.8. The number of anilines is 1. The molecule has 0 aliphatic heterocycles. The molecule has 0 saturated heterocycles. The molecule has 1 heterocycles. The first kappa shape index (κ1) is 17.2. The Hall–Kier alpha value is -3.61. The summed E-state index contributed by atoms with van der Waals surface area (Å²) in [6.45, 7) is 0. The Labute approximate surface area is 148 Å². The third kappa shape index (κ3) is 2.79. The Morgan fingerprint density at radius 1 is 1.08 bits per heavy atom. The highest BCUT2D eigenvalue weighted by molar-refractivity contribution is 6.11. The van der Waals surface area contributed by atoms with Gasteiger partial charge in [-0.05, 0) is 24.3 Å². The van der Waals surface area contributed by atoms with E-state index in [-0.39, 0.29) is 22.6 Å². The number of aromatic carboxylic acids is 1. The largest absolute Gasteiger partial charge is 0.495 e. The monoisotopic (exact) mass is 352 g/mol. The lowest BCUT2D eigenvalue weighted by molar-refractivity contribution is 0.0698. The van der Waals surface area contributed by atoms with Crippen LogP contribution < -0.4 is 15.6 Å². The van der Waals surface area contributed by atoms with Gasteiger partial charge in [0.05, 0.1) is 23.9 Å². The number of aromatic nitrogens is 1. The summed E-state index contributed by atoms with van der Waals surface area (Å²) < 4.78 is 6.70. The zero-order chi connectivity index (χ0) is 18.8. The molecule has 0 spiro atoms. The number of pyridine rings is 1. The van der Waals surface area contributed by atoms with E-state index in [1.54, 1.807) is 43.4 Å². The summed E-state index contributed by atoms with van der Waals surface area (Å²) in [5.74, 6) is -1.77. The van der Waals surface area contributed by atoms with Gasteiger partial charge in [-0.3, -0.25) is 9.59 Å². The number of aryl methyl sites for hydroxylation is 1. The van der Waals surface area contributed by atoms with Crippen molar-refractivity contribution in [3.63, 3.8) is 0 Å². The Bertz CT molecular complexity index is 1080. The molecule has 0 unspecified atom stereocenters. The van der Waals surface area contributed by atoms with E-state index in [4.69, 9.17) is 4.74 Å². The highest BCUT2D eigenvalue weighted by Crippen LogP contribution is 2.28.